The van der Waals surface area contributed by atoms with Gasteiger partial charge in [-0.15, -0.1) is 0 Å². The molecule has 0 aliphatic heterocycles. The summed E-state index contributed by atoms with van der Waals surface area (Å²) >= 11 is 0. The molecule has 2 rings (SSSR count). The SMILES string of the molecule is CCN(CC(=O)NC)C(=O)[C@H]1C2C=CC(C2)[C@H]1C(=O)O. The van der Waals surface area contributed by atoms with Gasteiger partial charge in [0, 0.05) is 13.6 Å². The lowest BCUT2D eigenvalue weighted by Crippen LogP contribution is -2.46. The summed E-state index contributed by atoms with van der Waals surface area (Å²) in [6, 6.07) is 0. The summed E-state index contributed by atoms with van der Waals surface area (Å²) < 4.78 is 0. The number of aliphatic carboxylic acids is 1. The number of nitrogens with one attached hydrogen (secondary N) is 1. The van der Waals surface area contributed by atoms with Crippen LogP contribution >= 0.6 is 0 Å². The largest absolute Gasteiger partial charge is 0.481 e. The Kier molecular flexibility index (Phi) is 4.11. The molecule has 2 amide bonds. The van der Waals surface area contributed by atoms with Gasteiger partial charge in [-0.3, -0.25) is 14.4 Å². The zero-order valence-corrected chi connectivity index (χ0v) is 11.7. The highest BCUT2D eigenvalue weighted by molar-refractivity contribution is 5.90. The molecule has 110 valence electrons. The highest BCUT2D eigenvalue weighted by Gasteiger charge is 2.52. The summed E-state index contributed by atoms with van der Waals surface area (Å²) in [7, 11) is 1.51. The third kappa shape index (κ3) is 2.42. The molecule has 0 aromatic carbocycles. The second-order valence-corrected chi connectivity index (χ2v) is 5.36. The number of hydrogen-bond acceptors (Lipinski definition) is 3. The fourth-order valence-corrected chi connectivity index (χ4v) is 3.30. The van der Waals surface area contributed by atoms with Crippen molar-refractivity contribution in [2.24, 2.45) is 23.7 Å². The van der Waals surface area contributed by atoms with E-state index in [0.717, 1.165) is 6.42 Å². The molecule has 1 saturated carbocycles. The van der Waals surface area contributed by atoms with Crippen molar-refractivity contribution >= 4 is 17.8 Å². The quantitative estimate of drug-likeness (QED) is 0.699. The van der Waals surface area contributed by atoms with E-state index < -0.39 is 17.8 Å². The summed E-state index contributed by atoms with van der Waals surface area (Å²) in [5, 5.41) is 11.8. The minimum Gasteiger partial charge on any atom is -0.481 e. The highest BCUT2D eigenvalue weighted by Crippen LogP contribution is 2.48. The van der Waals surface area contributed by atoms with Crippen molar-refractivity contribution in [1.29, 1.82) is 0 Å². The molecule has 2 aliphatic rings. The molecular formula is C14H20N2O4. The van der Waals surface area contributed by atoms with Crippen LogP contribution in [0.25, 0.3) is 0 Å². The van der Waals surface area contributed by atoms with Crippen molar-refractivity contribution in [3.63, 3.8) is 0 Å². The molecule has 2 N–H and O–H groups in total. The summed E-state index contributed by atoms with van der Waals surface area (Å²) in [5.74, 6) is -2.64. The van der Waals surface area contributed by atoms with Gasteiger partial charge in [0.2, 0.25) is 11.8 Å². The van der Waals surface area contributed by atoms with Crippen molar-refractivity contribution in [2.75, 3.05) is 20.1 Å². The first kappa shape index (κ1) is 14.6. The molecule has 0 spiro atoms. The van der Waals surface area contributed by atoms with E-state index in [2.05, 4.69) is 5.32 Å². The molecule has 2 bridgehead atoms. The highest BCUT2D eigenvalue weighted by atomic mass is 16.4. The number of allylic oxidation sites excluding steroid dienone is 2. The maximum Gasteiger partial charge on any atom is 0.307 e. The molecule has 6 heteroatoms. The Bertz CT molecular complexity index is 460. The topological polar surface area (TPSA) is 86.7 Å². The number of amides is 2. The fraction of sp³-hybridized carbons (Fsp3) is 0.643. The van der Waals surface area contributed by atoms with Crippen molar-refractivity contribution in [3.05, 3.63) is 12.2 Å². The van der Waals surface area contributed by atoms with Gasteiger partial charge in [-0.05, 0) is 25.2 Å². The molecular weight excluding hydrogens is 260 g/mol. The Hall–Kier alpha value is -1.85. The summed E-state index contributed by atoms with van der Waals surface area (Å²) in [4.78, 5) is 36.9. The monoisotopic (exact) mass is 280 g/mol. The van der Waals surface area contributed by atoms with E-state index >= 15 is 0 Å². The van der Waals surface area contributed by atoms with Gasteiger partial charge in [0.1, 0.15) is 0 Å². The first-order chi connectivity index (χ1) is 9.49. The molecule has 2 unspecified atom stereocenters. The predicted octanol–water partition coefficient (Wildman–Crippen LogP) is 0.104. The lowest BCUT2D eigenvalue weighted by atomic mass is 9.82. The maximum atomic E-state index is 12.6. The lowest BCUT2D eigenvalue weighted by molar-refractivity contribution is -0.151. The van der Waals surface area contributed by atoms with Gasteiger partial charge >= 0.3 is 5.97 Å². The number of carboxylic acids is 1. The predicted molar refractivity (Wildman–Crippen MR) is 71.7 cm³/mol. The third-order valence-electron chi connectivity index (χ3n) is 4.34. The summed E-state index contributed by atoms with van der Waals surface area (Å²) in [6.07, 6.45) is 4.58. The van der Waals surface area contributed by atoms with Crippen molar-refractivity contribution in [1.82, 2.24) is 10.2 Å². The van der Waals surface area contributed by atoms with Crippen LogP contribution in [0.15, 0.2) is 12.2 Å². The summed E-state index contributed by atoms with van der Waals surface area (Å²) in [5.41, 5.74) is 0. The number of carboxylic acid groups (broad SMARTS) is 1. The molecule has 1 fully saturated rings. The lowest BCUT2D eigenvalue weighted by Gasteiger charge is -2.29. The van der Waals surface area contributed by atoms with Crippen LogP contribution in [0.5, 0.6) is 0 Å². The van der Waals surface area contributed by atoms with E-state index in [1.165, 1.54) is 11.9 Å². The molecule has 0 saturated heterocycles. The molecule has 6 nitrogen and oxygen atoms in total. The van der Waals surface area contributed by atoms with Crippen molar-refractivity contribution < 1.29 is 19.5 Å². The minimum absolute atomic E-state index is 0.00709. The smallest absolute Gasteiger partial charge is 0.307 e. The Morgan fingerprint density at radius 2 is 1.85 bits per heavy atom. The number of hydrogen-bond donors (Lipinski definition) is 2. The first-order valence-corrected chi connectivity index (χ1v) is 6.90. The Morgan fingerprint density at radius 1 is 1.25 bits per heavy atom. The van der Waals surface area contributed by atoms with Gasteiger partial charge in [-0.25, -0.2) is 0 Å². The zero-order chi connectivity index (χ0) is 14.9. The molecule has 20 heavy (non-hydrogen) atoms. The molecule has 0 aromatic rings. The standard InChI is InChI=1S/C14H20N2O4/c1-3-16(7-10(17)15-2)13(18)11-8-4-5-9(6-8)12(11)14(19)20/h4-5,8-9,11-12H,3,6-7H2,1-2H3,(H,15,17)(H,19,20)/t8?,9?,11-,12+/m0/s1. The van der Waals surface area contributed by atoms with Crippen LogP contribution < -0.4 is 5.32 Å². The van der Waals surface area contributed by atoms with Crippen LogP contribution in [0.1, 0.15) is 13.3 Å². The number of rotatable bonds is 5. The minimum atomic E-state index is -0.920. The number of likely N-dealkylation sites (N-methyl/N-ethyl adjacent to an activating group) is 2. The van der Waals surface area contributed by atoms with Gasteiger partial charge < -0.3 is 15.3 Å². The number of fused-ring (bicyclic) bond motifs is 2. The van der Waals surface area contributed by atoms with Crippen molar-refractivity contribution in [2.45, 2.75) is 13.3 Å². The van der Waals surface area contributed by atoms with E-state index in [-0.39, 0.29) is 30.2 Å². The van der Waals surface area contributed by atoms with E-state index in [4.69, 9.17) is 0 Å². The second kappa shape index (κ2) is 5.64. The molecule has 0 heterocycles. The Morgan fingerprint density at radius 3 is 2.35 bits per heavy atom. The maximum absolute atomic E-state index is 12.6. The molecule has 4 atom stereocenters. The van der Waals surface area contributed by atoms with E-state index in [0.29, 0.717) is 6.54 Å². The molecule has 0 aromatic heterocycles. The van der Waals surface area contributed by atoms with E-state index in [1.54, 1.807) is 6.92 Å². The fourth-order valence-electron chi connectivity index (χ4n) is 3.30. The average molecular weight is 280 g/mol. The van der Waals surface area contributed by atoms with Crippen LogP contribution in [-0.4, -0.2) is 47.9 Å². The Labute approximate surface area is 117 Å². The average Bonchev–Trinajstić information content (AvgIpc) is 3.03. The van der Waals surface area contributed by atoms with Crippen LogP contribution in [-0.2, 0) is 14.4 Å². The van der Waals surface area contributed by atoms with Crippen molar-refractivity contribution in [3.8, 4) is 0 Å². The second-order valence-electron chi connectivity index (χ2n) is 5.36. The van der Waals surface area contributed by atoms with Crippen LogP contribution in [0.2, 0.25) is 0 Å². The van der Waals surface area contributed by atoms with E-state index in [1.807, 2.05) is 12.2 Å². The Balaban J connectivity index is 2.16. The number of nitrogens with zero attached hydrogens (tertiary/aromatic N) is 1. The van der Waals surface area contributed by atoms with Gasteiger partial charge in [-0.1, -0.05) is 12.2 Å². The summed E-state index contributed by atoms with van der Waals surface area (Å²) in [6.45, 7) is 2.17. The first-order valence-electron chi connectivity index (χ1n) is 6.90. The van der Waals surface area contributed by atoms with Gasteiger partial charge in [0.05, 0.1) is 18.4 Å². The van der Waals surface area contributed by atoms with E-state index in [9.17, 15) is 19.5 Å². The van der Waals surface area contributed by atoms with Gasteiger partial charge in [0.25, 0.3) is 0 Å². The number of carbonyl (C=O) groups is 3. The van der Waals surface area contributed by atoms with Crippen LogP contribution in [0.3, 0.4) is 0 Å². The number of carbonyl (C=O) groups excluding carboxylic acids is 2. The molecule has 2 aliphatic carbocycles. The van der Waals surface area contributed by atoms with Crippen LogP contribution in [0.4, 0.5) is 0 Å². The van der Waals surface area contributed by atoms with Gasteiger partial charge in [-0.2, -0.15) is 0 Å². The van der Waals surface area contributed by atoms with Crippen LogP contribution in [0, 0.1) is 23.7 Å². The normalized spacial score (nSPS) is 30.3. The molecule has 0 radical (unpaired) electrons. The zero-order valence-electron chi connectivity index (χ0n) is 11.7. The van der Waals surface area contributed by atoms with Gasteiger partial charge in [0.15, 0.2) is 0 Å². The third-order valence-corrected chi connectivity index (χ3v) is 4.34.